The molecule has 7 heteroatoms. The van der Waals surface area contributed by atoms with E-state index in [4.69, 9.17) is 24.7 Å². The summed E-state index contributed by atoms with van der Waals surface area (Å²) in [5.41, 5.74) is 7.04. The zero-order valence-electron chi connectivity index (χ0n) is 13.9. The summed E-state index contributed by atoms with van der Waals surface area (Å²) in [4.78, 5) is 12.7. The molecule has 0 aliphatic carbocycles. The number of carbonyl (C=O) groups is 1. The van der Waals surface area contributed by atoms with Gasteiger partial charge < -0.3 is 24.7 Å². The molecule has 2 aromatic carbocycles. The fourth-order valence-corrected chi connectivity index (χ4v) is 2.22. The van der Waals surface area contributed by atoms with Crippen molar-refractivity contribution in [3.05, 3.63) is 41.5 Å². The van der Waals surface area contributed by atoms with E-state index in [0.29, 0.717) is 39.8 Å². The molecule has 0 spiro atoms. The third-order valence-electron chi connectivity index (χ3n) is 3.45. The predicted octanol–water partition coefficient (Wildman–Crippen LogP) is 2.96. The Kier molecular flexibility index (Phi) is 6.73. The van der Waals surface area contributed by atoms with Crippen LogP contribution < -0.4 is 24.7 Å². The number of nitrogen functional groups attached to an aromatic ring is 1. The van der Waals surface area contributed by atoms with Gasteiger partial charge in [-0.25, -0.2) is 0 Å². The minimum absolute atomic E-state index is 0. The van der Waals surface area contributed by atoms with Gasteiger partial charge in [-0.3, -0.25) is 4.79 Å². The molecular weight excluding hydrogens is 334 g/mol. The molecule has 6 nitrogen and oxygen atoms in total. The van der Waals surface area contributed by atoms with E-state index in [1.807, 2.05) is 0 Å². The lowest BCUT2D eigenvalue weighted by Crippen LogP contribution is -2.07. The maximum Gasteiger partial charge on any atom is 0.195 e. The lowest BCUT2D eigenvalue weighted by atomic mass is 10.0. The van der Waals surface area contributed by atoms with Gasteiger partial charge in [-0.1, -0.05) is 0 Å². The van der Waals surface area contributed by atoms with Crippen molar-refractivity contribution in [1.82, 2.24) is 0 Å². The van der Waals surface area contributed by atoms with E-state index < -0.39 is 0 Å². The summed E-state index contributed by atoms with van der Waals surface area (Å²) in [6.45, 7) is 0. The fraction of sp³-hybridized carbons (Fsp3) is 0.235. The zero-order valence-corrected chi connectivity index (χ0v) is 14.7. The molecule has 0 radical (unpaired) electrons. The molecule has 2 rings (SSSR count). The van der Waals surface area contributed by atoms with E-state index in [-0.39, 0.29) is 18.2 Å². The second-order valence-electron chi connectivity index (χ2n) is 4.69. The summed E-state index contributed by atoms with van der Waals surface area (Å²) in [7, 11) is 6.05. The number of hydrogen-bond donors (Lipinski definition) is 1. The summed E-state index contributed by atoms with van der Waals surface area (Å²) in [5, 5.41) is 0. The molecule has 24 heavy (non-hydrogen) atoms. The second kappa shape index (κ2) is 8.31. The number of carbonyl (C=O) groups excluding carboxylic acids is 1. The molecule has 0 amide bonds. The van der Waals surface area contributed by atoms with Gasteiger partial charge in [0.1, 0.15) is 0 Å². The predicted molar refractivity (Wildman–Crippen MR) is 94.2 cm³/mol. The molecule has 0 heterocycles. The molecule has 0 atom stereocenters. The van der Waals surface area contributed by atoms with Gasteiger partial charge in [0.15, 0.2) is 28.8 Å². The van der Waals surface area contributed by atoms with Crippen molar-refractivity contribution in [3.63, 3.8) is 0 Å². The molecule has 0 fully saturated rings. The van der Waals surface area contributed by atoms with E-state index in [0.717, 1.165) is 0 Å². The zero-order chi connectivity index (χ0) is 17.0. The summed E-state index contributed by atoms with van der Waals surface area (Å²) in [6.07, 6.45) is 0. The van der Waals surface area contributed by atoms with Crippen LogP contribution in [0.1, 0.15) is 15.9 Å². The third kappa shape index (κ3) is 3.65. The molecule has 0 aliphatic heterocycles. The Hall–Kier alpha value is -2.60. The van der Waals surface area contributed by atoms with Gasteiger partial charge >= 0.3 is 0 Å². The van der Waals surface area contributed by atoms with E-state index in [1.54, 1.807) is 30.3 Å². The largest absolute Gasteiger partial charge is 0.493 e. The molecule has 0 aromatic heterocycles. The van der Waals surface area contributed by atoms with Crippen molar-refractivity contribution in [2.75, 3.05) is 34.2 Å². The first-order chi connectivity index (χ1) is 11.0. The third-order valence-corrected chi connectivity index (χ3v) is 3.45. The van der Waals surface area contributed by atoms with Gasteiger partial charge in [0.25, 0.3) is 0 Å². The van der Waals surface area contributed by atoms with Crippen molar-refractivity contribution < 1.29 is 23.7 Å². The van der Waals surface area contributed by atoms with Crippen molar-refractivity contribution in [2.45, 2.75) is 0 Å². The number of ketones is 1. The van der Waals surface area contributed by atoms with Crippen LogP contribution in [0.25, 0.3) is 0 Å². The summed E-state index contributed by atoms with van der Waals surface area (Å²) in [5.74, 6) is 1.67. The van der Waals surface area contributed by atoms with Crippen molar-refractivity contribution in [3.8, 4) is 23.0 Å². The standard InChI is InChI=1S/C17H19NO5.ClH/c1-20-13-6-5-10(7-14(13)21-2)17(19)11-8-15(22-3)16(23-4)9-12(11)18;/h5-9H,18H2,1-4H3;1H. The van der Waals surface area contributed by atoms with Gasteiger partial charge in [-0.2, -0.15) is 0 Å². The van der Waals surface area contributed by atoms with Crippen LogP contribution >= 0.6 is 12.4 Å². The van der Waals surface area contributed by atoms with Gasteiger partial charge in [-0.15, -0.1) is 12.4 Å². The van der Waals surface area contributed by atoms with Gasteiger partial charge in [0.2, 0.25) is 0 Å². The van der Waals surface area contributed by atoms with E-state index in [1.165, 1.54) is 28.4 Å². The Morgan fingerprint density at radius 2 is 1.29 bits per heavy atom. The number of nitrogens with two attached hydrogens (primary N) is 1. The number of rotatable bonds is 6. The highest BCUT2D eigenvalue weighted by molar-refractivity contribution is 6.12. The number of ether oxygens (including phenoxy) is 4. The number of hydrogen-bond acceptors (Lipinski definition) is 6. The number of anilines is 1. The summed E-state index contributed by atoms with van der Waals surface area (Å²) in [6, 6.07) is 8.06. The molecular formula is C17H20ClNO5. The summed E-state index contributed by atoms with van der Waals surface area (Å²) >= 11 is 0. The van der Waals surface area contributed by atoms with Crippen LogP contribution in [0.4, 0.5) is 5.69 Å². The molecule has 130 valence electrons. The lowest BCUT2D eigenvalue weighted by molar-refractivity contribution is 0.103. The van der Waals surface area contributed by atoms with Crippen LogP contribution in [0.3, 0.4) is 0 Å². The fourth-order valence-electron chi connectivity index (χ4n) is 2.22. The lowest BCUT2D eigenvalue weighted by Gasteiger charge is -2.13. The Morgan fingerprint density at radius 1 is 0.792 bits per heavy atom. The van der Waals surface area contributed by atoms with Crippen LogP contribution in [0.15, 0.2) is 30.3 Å². The quantitative estimate of drug-likeness (QED) is 0.635. The molecule has 2 N–H and O–H groups in total. The Balaban J connectivity index is 0.00000288. The van der Waals surface area contributed by atoms with E-state index in [2.05, 4.69) is 0 Å². The smallest absolute Gasteiger partial charge is 0.195 e. The van der Waals surface area contributed by atoms with E-state index >= 15 is 0 Å². The van der Waals surface area contributed by atoms with Crippen molar-refractivity contribution in [1.29, 1.82) is 0 Å². The van der Waals surface area contributed by atoms with Crippen LogP contribution in [0.5, 0.6) is 23.0 Å². The first kappa shape index (κ1) is 19.4. The average molecular weight is 354 g/mol. The molecule has 0 saturated heterocycles. The average Bonchev–Trinajstić information content (AvgIpc) is 2.60. The first-order valence-corrected chi connectivity index (χ1v) is 6.84. The monoisotopic (exact) mass is 353 g/mol. The number of methoxy groups -OCH3 is 4. The highest BCUT2D eigenvalue weighted by Gasteiger charge is 2.18. The van der Waals surface area contributed by atoms with Crippen LogP contribution in [-0.2, 0) is 0 Å². The molecule has 0 aliphatic rings. The minimum atomic E-state index is -0.246. The van der Waals surface area contributed by atoms with Crippen LogP contribution in [0, 0.1) is 0 Å². The number of benzene rings is 2. The first-order valence-electron chi connectivity index (χ1n) is 6.84. The van der Waals surface area contributed by atoms with Crippen LogP contribution in [0.2, 0.25) is 0 Å². The normalized spacial score (nSPS) is 9.67. The Bertz CT molecular complexity index is 733. The van der Waals surface area contributed by atoms with Gasteiger partial charge in [0, 0.05) is 22.9 Å². The van der Waals surface area contributed by atoms with Gasteiger partial charge in [-0.05, 0) is 24.3 Å². The Morgan fingerprint density at radius 3 is 1.83 bits per heavy atom. The SMILES string of the molecule is COc1ccc(C(=O)c2cc(OC)c(OC)cc2N)cc1OC.Cl. The Labute approximate surface area is 146 Å². The minimum Gasteiger partial charge on any atom is -0.493 e. The summed E-state index contributed by atoms with van der Waals surface area (Å²) < 4.78 is 20.8. The molecule has 0 unspecified atom stereocenters. The topological polar surface area (TPSA) is 80.0 Å². The highest BCUT2D eigenvalue weighted by Crippen LogP contribution is 2.34. The van der Waals surface area contributed by atoms with Crippen molar-refractivity contribution >= 4 is 23.9 Å². The van der Waals surface area contributed by atoms with Crippen molar-refractivity contribution in [2.24, 2.45) is 0 Å². The number of halogens is 1. The maximum absolute atomic E-state index is 12.7. The van der Waals surface area contributed by atoms with Gasteiger partial charge in [0.05, 0.1) is 28.4 Å². The second-order valence-corrected chi connectivity index (χ2v) is 4.69. The highest BCUT2D eigenvalue weighted by atomic mass is 35.5. The van der Waals surface area contributed by atoms with E-state index in [9.17, 15) is 4.79 Å². The van der Waals surface area contributed by atoms with Crippen LogP contribution in [-0.4, -0.2) is 34.2 Å². The molecule has 0 bridgehead atoms. The molecule has 2 aromatic rings. The molecule has 0 saturated carbocycles. The maximum atomic E-state index is 12.7.